The SMILES string of the molecule is C/C=C/CC/C(C)=C(\C)C(=O)O. The third kappa shape index (κ3) is 3.96. The first-order chi connectivity index (χ1) is 5.59. The molecular weight excluding hydrogens is 152 g/mol. The molecule has 68 valence electrons. The van der Waals surface area contributed by atoms with Gasteiger partial charge in [-0.15, -0.1) is 0 Å². The quantitative estimate of drug-likeness (QED) is 0.517. The number of carbonyl (C=O) groups is 1. The molecule has 0 heterocycles. The van der Waals surface area contributed by atoms with E-state index in [1.165, 1.54) is 0 Å². The molecule has 2 heteroatoms. The van der Waals surface area contributed by atoms with Crippen molar-refractivity contribution >= 4 is 5.97 Å². The maximum Gasteiger partial charge on any atom is 0.331 e. The van der Waals surface area contributed by atoms with E-state index in [1.807, 2.05) is 26.0 Å². The lowest BCUT2D eigenvalue weighted by Gasteiger charge is -2.00. The summed E-state index contributed by atoms with van der Waals surface area (Å²) in [7, 11) is 0. The summed E-state index contributed by atoms with van der Waals surface area (Å²) >= 11 is 0. The highest BCUT2D eigenvalue weighted by Gasteiger charge is 2.03. The molecule has 0 fully saturated rings. The van der Waals surface area contributed by atoms with Gasteiger partial charge in [0.2, 0.25) is 0 Å². The Hall–Kier alpha value is -1.05. The van der Waals surface area contributed by atoms with Crippen molar-refractivity contribution in [3.63, 3.8) is 0 Å². The molecule has 0 bridgehead atoms. The van der Waals surface area contributed by atoms with Gasteiger partial charge in [-0.1, -0.05) is 17.7 Å². The zero-order chi connectivity index (χ0) is 9.56. The first-order valence-corrected chi connectivity index (χ1v) is 4.10. The van der Waals surface area contributed by atoms with Crippen molar-refractivity contribution in [3.8, 4) is 0 Å². The van der Waals surface area contributed by atoms with Crippen molar-refractivity contribution in [1.29, 1.82) is 0 Å². The van der Waals surface area contributed by atoms with Crippen LogP contribution in [0.5, 0.6) is 0 Å². The highest BCUT2D eigenvalue weighted by molar-refractivity contribution is 5.86. The number of carboxylic acid groups (broad SMARTS) is 1. The maximum atomic E-state index is 10.5. The average molecular weight is 168 g/mol. The van der Waals surface area contributed by atoms with Gasteiger partial charge < -0.3 is 5.11 Å². The molecule has 1 N–H and O–H groups in total. The molecule has 0 atom stereocenters. The van der Waals surface area contributed by atoms with Gasteiger partial charge >= 0.3 is 5.97 Å². The monoisotopic (exact) mass is 168 g/mol. The first-order valence-electron chi connectivity index (χ1n) is 4.10. The number of rotatable bonds is 4. The highest BCUT2D eigenvalue weighted by Crippen LogP contribution is 2.10. The van der Waals surface area contributed by atoms with Crippen molar-refractivity contribution in [2.45, 2.75) is 33.6 Å². The van der Waals surface area contributed by atoms with Crippen molar-refractivity contribution in [2.24, 2.45) is 0 Å². The predicted molar refractivity (Wildman–Crippen MR) is 50.1 cm³/mol. The van der Waals surface area contributed by atoms with Crippen LogP contribution >= 0.6 is 0 Å². The van der Waals surface area contributed by atoms with Gasteiger partial charge in [-0.2, -0.15) is 0 Å². The molecule has 0 aliphatic heterocycles. The van der Waals surface area contributed by atoms with Crippen LogP contribution in [0.1, 0.15) is 33.6 Å². The number of allylic oxidation sites excluding steroid dienone is 3. The molecule has 0 rings (SSSR count). The lowest BCUT2D eigenvalue weighted by molar-refractivity contribution is -0.132. The van der Waals surface area contributed by atoms with E-state index in [2.05, 4.69) is 0 Å². The molecule has 0 aromatic carbocycles. The van der Waals surface area contributed by atoms with E-state index < -0.39 is 5.97 Å². The van der Waals surface area contributed by atoms with Crippen LogP contribution in [-0.4, -0.2) is 11.1 Å². The lowest BCUT2D eigenvalue weighted by Crippen LogP contribution is -1.99. The largest absolute Gasteiger partial charge is 0.478 e. The Kier molecular flexibility index (Phi) is 5.09. The summed E-state index contributed by atoms with van der Waals surface area (Å²) in [5.74, 6) is -0.812. The summed E-state index contributed by atoms with van der Waals surface area (Å²) < 4.78 is 0. The van der Waals surface area contributed by atoms with Crippen LogP contribution in [0.4, 0.5) is 0 Å². The number of hydrogen-bond acceptors (Lipinski definition) is 1. The number of carboxylic acids is 1. The topological polar surface area (TPSA) is 37.3 Å². The van der Waals surface area contributed by atoms with Crippen LogP contribution < -0.4 is 0 Å². The summed E-state index contributed by atoms with van der Waals surface area (Å²) in [6, 6.07) is 0. The smallest absolute Gasteiger partial charge is 0.331 e. The minimum atomic E-state index is -0.812. The van der Waals surface area contributed by atoms with Crippen molar-refractivity contribution in [2.75, 3.05) is 0 Å². The standard InChI is InChI=1S/C10H16O2/c1-4-5-6-7-8(2)9(3)10(11)12/h4-5H,6-7H2,1-3H3,(H,11,12)/b5-4+,9-8+. The summed E-state index contributed by atoms with van der Waals surface area (Å²) in [6.45, 7) is 5.48. The molecule has 0 unspecified atom stereocenters. The first kappa shape index (κ1) is 11.0. The molecule has 0 saturated heterocycles. The Balaban J connectivity index is 4.08. The summed E-state index contributed by atoms with van der Waals surface area (Å²) in [4.78, 5) is 10.5. The highest BCUT2D eigenvalue weighted by atomic mass is 16.4. The van der Waals surface area contributed by atoms with Crippen molar-refractivity contribution < 1.29 is 9.90 Å². The normalized spacial score (nSPS) is 13.2. The molecule has 0 saturated carbocycles. The second-order valence-corrected chi connectivity index (χ2v) is 2.82. The fraction of sp³-hybridized carbons (Fsp3) is 0.500. The zero-order valence-electron chi connectivity index (χ0n) is 7.92. The van der Waals surface area contributed by atoms with Gasteiger partial charge in [0.15, 0.2) is 0 Å². The fourth-order valence-corrected chi connectivity index (χ4v) is 0.837. The molecule has 2 nitrogen and oxygen atoms in total. The molecule has 0 aliphatic carbocycles. The van der Waals surface area contributed by atoms with Crippen molar-refractivity contribution in [3.05, 3.63) is 23.3 Å². The van der Waals surface area contributed by atoms with Crippen LogP contribution in [0.25, 0.3) is 0 Å². The van der Waals surface area contributed by atoms with E-state index in [0.29, 0.717) is 5.57 Å². The van der Waals surface area contributed by atoms with Gasteiger partial charge in [0, 0.05) is 5.57 Å². The summed E-state index contributed by atoms with van der Waals surface area (Å²) in [5, 5.41) is 8.63. The van der Waals surface area contributed by atoms with Crippen LogP contribution in [-0.2, 0) is 4.79 Å². The zero-order valence-corrected chi connectivity index (χ0v) is 7.92. The van der Waals surface area contributed by atoms with E-state index in [-0.39, 0.29) is 0 Å². The second-order valence-electron chi connectivity index (χ2n) is 2.82. The van der Waals surface area contributed by atoms with E-state index in [0.717, 1.165) is 18.4 Å². The second kappa shape index (κ2) is 5.58. The van der Waals surface area contributed by atoms with Crippen LogP contribution in [0.2, 0.25) is 0 Å². The van der Waals surface area contributed by atoms with Crippen LogP contribution in [0, 0.1) is 0 Å². The molecular formula is C10H16O2. The van der Waals surface area contributed by atoms with Gasteiger partial charge in [0.1, 0.15) is 0 Å². The van der Waals surface area contributed by atoms with Crippen LogP contribution in [0.15, 0.2) is 23.3 Å². The fourth-order valence-electron chi connectivity index (χ4n) is 0.837. The van der Waals surface area contributed by atoms with Crippen molar-refractivity contribution in [1.82, 2.24) is 0 Å². The van der Waals surface area contributed by atoms with E-state index in [1.54, 1.807) is 6.92 Å². The van der Waals surface area contributed by atoms with Gasteiger partial charge in [-0.3, -0.25) is 0 Å². The minimum Gasteiger partial charge on any atom is -0.478 e. The maximum absolute atomic E-state index is 10.5. The summed E-state index contributed by atoms with van der Waals surface area (Å²) in [5.41, 5.74) is 1.43. The Morgan fingerprint density at radius 1 is 1.42 bits per heavy atom. The number of hydrogen-bond donors (Lipinski definition) is 1. The molecule has 0 aromatic rings. The van der Waals surface area contributed by atoms with E-state index in [4.69, 9.17) is 5.11 Å². The molecule has 12 heavy (non-hydrogen) atoms. The Morgan fingerprint density at radius 3 is 2.42 bits per heavy atom. The van der Waals surface area contributed by atoms with Crippen LogP contribution in [0.3, 0.4) is 0 Å². The molecule has 0 radical (unpaired) electrons. The van der Waals surface area contributed by atoms with Gasteiger partial charge in [0.05, 0.1) is 0 Å². The van der Waals surface area contributed by atoms with Gasteiger partial charge in [-0.25, -0.2) is 4.79 Å². The Bertz CT molecular complexity index is 212. The van der Waals surface area contributed by atoms with Gasteiger partial charge in [-0.05, 0) is 33.6 Å². The molecule has 0 aromatic heterocycles. The molecule has 0 spiro atoms. The third-order valence-corrected chi connectivity index (χ3v) is 1.88. The van der Waals surface area contributed by atoms with E-state index in [9.17, 15) is 4.79 Å². The molecule has 0 amide bonds. The Morgan fingerprint density at radius 2 is 2.00 bits per heavy atom. The third-order valence-electron chi connectivity index (χ3n) is 1.88. The lowest BCUT2D eigenvalue weighted by atomic mass is 10.1. The average Bonchev–Trinajstić information content (AvgIpc) is 2.03. The van der Waals surface area contributed by atoms with Gasteiger partial charge in [0.25, 0.3) is 0 Å². The summed E-state index contributed by atoms with van der Waals surface area (Å²) in [6.07, 6.45) is 5.78. The Labute approximate surface area is 73.6 Å². The number of aliphatic carboxylic acids is 1. The van der Waals surface area contributed by atoms with E-state index >= 15 is 0 Å². The molecule has 0 aliphatic rings. The minimum absolute atomic E-state index is 0.472. The predicted octanol–water partition coefficient (Wildman–Crippen LogP) is 2.76.